The normalized spacial score (nSPS) is 32.0. The predicted molar refractivity (Wildman–Crippen MR) is 79.7 cm³/mol. The molecule has 0 spiro atoms. The maximum absolute atomic E-state index is 12.0. The Morgan fingerprint density at radius 3 is 3.10 bits per heavy atom. The van der Waals surface area contributed by atoms with Crippen LogP contribution in [-0.2, 0) is 9.53 Å². The standard InChI is InChI=1S/C15H29N3O2/c1-3-18-7-8-20-13(11-18)10-17-15(19)9-14-12(2)5-4-6-16-14/h12-14,16H,3-11H2,1-2H3,(H,17,19). The SMILES string of the molecule is CCN1CCOC(CNC(=O)CC2NCCCC2C)C1. The number of hydrogen-bond acceptors (Lipinski definition) is 4. The van der Waals surface area contributed by atoms with Crippen LogP contribution < -0.4 is 10.6 Å². The number of nitrogens with one attached hydrogen (secondary N) is 2. The van der Waals surface area contributed by atoms with E-state index >= 15 is 0 Å². The van der Waals surface area contributed by atoms with Crippen LogP contribution in [0.4, 0.5) is 0 Å². The van der Waals surface area contributed by atoms with Gasteiger partial charge in [-0.05, 0) is 31.8 Å². The van der Waals surface area contributed by atoms with Crippen molar-refractivity contribution in [2.24, 2.45) is 5.92 Å². The Kier molecular flexibility index (Phi) is 6.26. The van der Waals surface area contributed by atoms with Gasteiger partial charge in [0.05, 0.1) is 12.7 Å². The molecule has 0 aromatic heterocycles. The number of carbonyl (C=O) groups excluding carboxylic acids is 1. The Morgan fingerprint density at radius 2 is 2.35 bits per heavy atom. The lowest BCUT2D eigenvalue weighted by atomic mass is 9.90. The molecule has 2 rings (SSSR count). The molecule has 2 fully saturated rings. The van der Waals surface area contributed by atoms with E-state index in [-0.39, 0.29) is 12.0 Å². The van der Waals surface area contributed by atoms with E-state index in [1.54, 1.807) is 0 Å². The number of hydrogen-bond donors (Lipinski definition) is 2. The van der Waals surface area contributed by atoms with Crippen LogP contribution >= 0.6 is 0 Å². The maximum atomic E-state index is 12.0. The summed E-state index contributed by atoms with van der Waals surface area (Å²) in [5.41, 5.74) is 0. The summed E-state index contributed by atoms with van der Waals surface area (Å²) in [5.74, 6) is 0.740. The Balaban J connectivity index is 1.66. The summed E-state index contributed by atoms with van der Waals surface area (Å²) in [6.45, 7) is 9.83. The molecule has 116 valence electrons. The largest absolute Gasteiger partial charge is 0.374 e. The minimum absolute atomic E-state index is 0.143. The van der Waals surface area contributed by atoms with E-state index in [0.29, 0.717) is 24.9 Å². The topological polar surface area (TPSA) is 53.6 Å². The molecule has 0 aliphatic carbocycles. The molecule has 5 heteroatoms. The van der Waals surface area contributed by atoms with Gasteiger partial charge < -0.3 is 15.4 Å². The van der Waals surface area contributed by atoms with Crippen molar-refractivity contribution in [1.29, 1.82) is 0 Å². The quantitative estimate of drug-likeness (QED) is 0.776. The number of amides is 1. The van der Waals surface area contributed by atoms with Crippen LogP contribution in [0.25, 0.3) is 0 Å². The number of morpholine rings is 1. The number of ether oxygens (including phenoxy) is 1. The first-order valence-electron chi connectivity index (χ1n) is 8.03. The van der Waals surface area contributed by atoms with Gasteiger partial charge in [-0.15, -0.1) is 0 Å². The van der Waals surface area contributed by atoms with Gasteiger partial charge in [0.1, 0.15) is 0 Å². The molecule has 5 nitrogen and oxygen atoms in total. The second kappa shape index (κ2) is 7.96. The molecule has 1 amide bonds. The lowest BCUT2D eigenvalue weighted by Gasteiger charge is -2.32. The average Bonchev–Trinajstić information content (AvgIpc) is 2.48. The number of rotatable bonds is 5. The van der Waals surface area contributed by atoms with Gasteiger partial charge in [0.25, 0.3) is 0 Å². The monoisotopic (exact) mass is 283 g/mol. The van der Waals surface area contributed by atoms with Crippen molar-refractivity contribution >= 4 is 5.91 Å². The summed E-state index contributed by atoms with van der Waals surface area (Å²) in [4.78, 5) is 14.4. The van der Waals surface area contributed by atoms with Crippen LogP contribution in [0.1, 0.15) is 33.1 Å². The molecule has 3 unspecified atom stereocenters. The van der Waals surface area contributed by atoms with Gasteiger partial charge in [-0.1, -0.05) is 13.8 Å². The Morgan fingerprint density at radius 1 is 1.50 bits per heavy atom. The molecular weight excluding hydrogens is 254 g/mol. The predicted octanol–water partition coefficient (Wildman–Crippen LogP) is 0.602. The highest BCUT2D eigenvalue weighted by Gasteiger charge is 2.24. The van der Waals surface area contributed by atoms with Crippen molar-refractivity contribution in [1.82, 2.24) is 15.5 Å². The highest BCUT2D eigenvalue weighted by molar-refractivity contribution is 5.76. The second-order valence-corrected chi connectivity index (χ2v) is 6.07. The summed E-state index contributed by atoms with van der Waals surface area (Å²) in [6, 6.07) is 0.336. The van der Waals surface area contributed by atoms with Gasteiger partial charge in [0, 0.05) is 32.1 Å². The molecule has 2 aliphatic rings. The van der Waals surface area contributed by atoms with Crippen LogP contribution in [0.3, 0.4) is 0 Å². The fourth-order valence-corrected chi connectivity index (χ4v) is 3.08. The zero-order valence-corrected chi connectivity index (χ0v) is 12.9. The molecule has 0 aromatic carbocycles. The molecule has 2 heterocycles. The van der Waals surface area contributed by atoms with E-state index in [4.69, 9.17) is 4.74 Å². The minimum Gasteiger partial charge on any atom is -0.374 e. The molecule has 2 aliphatic heterocycles. The Labute approximate surface area is 122 Å². The van der Waals surface area contributed by atoms with Crippen molar-refractivity contribution in [2.45, 2.75) is 45.3 Å². The summed E-state index contributed by atoms with van der Waals surface area (Å²) in [6.07, 6.45) is 3.18. The van der Waals surface area contributed by atoms with E-state index in [1.165, 1.54) is 12.8 Å². The summed E-state index contributed by atoms with van der Waals surface area (Å²) in [5, 5.41) is 6.49. The summed E-state index contributed by atoms with van der Waals surface area (Å²) < 4.78 is 5.70. The zero-order valence-electron chi connectivity index (χ0n) is 12.9. The highest BCUT2D eigenvalue weighted by atomic mass is 16.5. The first-order chi connectivity index (χ1) is 9.69. The minimum atomic E-state index is 0.143. The van der Waals surface area contributed by atoms with Crippen molar-refractivity contribution in [3.05, 3.63) is 0 Å². The van der Waals surface area contributed by atoms with Crippen LogP contribution in [0.2, 0.25) is 0 Å². The van der Waals surface area contributed by atoms with Crippen molar-refractivity contribution in [2.75, 3.05) is 39.3 Å². The Hall–Kier alpha value is -0.650. The van der Waals surface area contributed by atoms with E-state index < -0.39 is 0 Å². The van der Waals surface area contributed by atoms with Crippen LogP contribution in [0, 0.1) is 5.92 Å². The molecule has 0 radical (unpaired) electrons. The second-order valence-electron chi connectivity index (χ2n) is 6.07. The number of nitrogens with zero attached hydrogens (tertiary/aromatic N) is 1. The third-order valence-electron chi connectivity index (χ3n) is 4.53. The van der Waals surface area contributed by atoms with Gasteiger partial charge in [0.15, 0.2) is 0 Å². The average molecular weight is 283 g/mol. The van der Waals surface area contributed by atoms with Gasteiger partial charge in [-0.25, -0.2) is 0 Å². The van der Waals surface area contributed by atoms with Crippen molar-refractivity contribution in [3.8, 4) is 0 Å². The van der Waals surface area contributed by atoms with E-state index in [2.05, 4.69) is 29.4 Å². The molecule has 0 aromatic rings. The third kappa shape index (κ3) is 4.72. The van der Waals surface area contributed by atoms with Crippen LogP contribution in [-0.4, -0.2) is 62.3 Å². The van der Waals surface area contributed by atoms with Gasteiger partial charge >= 0.3 is 0 Å². The fourth-order valence-electron chi connectivity index (χ4n) is 3.08. The van der Waals surface area contributed by atoms with Gasteiger partial charge in [0.2, 0.25) is 5.91 Å². The first kappa shape index (κ1) is 15.7. The van der Waals surface area contributed by atoms with Gasteiger partial charge in [-0.3, -0.25) is 9.69 Å². The smallest absolute Gasteiger partial charge is 0.221 e. The highest BCUT2D eigenvalue weighted by Crippen LogP contribution is 2.17. The fraction of sp³-hybridized carbons (Fsp3) is 0.933. The summed E-state index contributed by atoms with van der Waals surface area (Å²) in [7, 11) is 0. The van der Waals surface area contributed by atoms with E-state index in [0.717, 1.165) is 32.8 Å². The number of carbonyl (C=O) groups is 1. The van der Waals surface area contributed by atoms with Crippen molar-refractivity contribution in [3.63, 3.8) is 0 Å². The molecule has 0 saturated carbocycles. The van der Waals surface area contributed by atoms with E-state index in [1.807, 2.05) is 0 Å². The van der Waals surface area contributed by atoms with Crippen LogP contribution in [0.15, 0.2) is 0 Å². The van der Waals surface area contributed by atoms with E-state index in [9.17, 15) is 4.79 Å². The number of likely N-dealkylation sites (N-methyl/N-ethyl adjacent to an activating group) is 1. The first-order valence-corrected chi connectivity index (χ1v) is 8.03. The molecule has 20 heavy (non-hydrogen) atoms. The lowest BCUT2D eigenvalue weighted by Crippen LogP contribution is -2.48. The van der Waals surface area contributed by atoms with Crippen molar-refractivity contribution < 1.29 is 9.53 Å². The molecular formula is C15H29N3O2. The lowest BCUT2D eigenvalue weighted by molar-refractivity contribution is -0.123. The maximum Gasteiger partial charge on any atom is 0.221 e. The number of piperidine rings is 1. The third-order valence-corrected chi connectivity index (χ3v) is 4.53. The molecule has 3 atom stereocenters. The zero-order chi connectivity index (χ0) is 14.4. The molecule has 0 bridgehead atoms. The van der Waals surface area contributed by atoms with Crippen LogP contribution in [0.5, 0.6) is 0 Å². The van der Waals surface area contributed by atoms with Gasteiger partial charge in [-0.2, -0.15) is 0 Å². The molecule has 2 N–H and O–H groups in total. The molecule has 2 saturated heterocycles. The Bertz CT molecular complexity index is 311. The summed E-state index contributed by atoms with van der Waals surface area (Å²) >= 11 is 0.